The number of methoxy groups -OCH3 is 1. The van der Waals surface area contributed by atoms with Crippen molar-refractivity contribution in [3.63, 3.8) is 0 Å². The zero-order chi connectivity index (χ0) is 30.1. The average molecular weight is 590 g/mol. The van der Waals surface area contributed by atoms with Crippen LogP contribution in [-0.2, 0) is 20.8 Å². The fraction of sp³-hybridized carbons (Fsp3) is 0.364. The molecule has 0 radical (unpaired) electrons. The number of carbonyl (C=O) groups is 3. The summed E-state index contributed by atoms with van der Waals surface area (Å²) in [5, 5.41) is 0.614. The molecule has 220 valence electrons. The summed E-state index contributed by atoms with van der Waals surface area (Å²) in [7, 11) is 1.60. The second kappa shape index (κ2) is 12.1. The molecule has 0 bridgehead atoms. The van der Waals surface area contributed by atoms with Crippen LogP contribution < -0.4 is 14.4 Å². The second-order valence-electron chi connectivity index (χ2n) is 11.1. The van der Waals surface area contributed by atoms with Gasteiger partial charge in [-0.05, 0) is 79.4 Å². The van der Waals surface area contributed by atoms with Gasteiger partial charge in [0.25, 0.3) is 0 Å². The quantitative estimate of drug-likeness (QED) is 0.360. The molecule has 0 aromatic heterocycles. The third-order valence-corrected chi connectivity index (χ3v) is 8.21. The molecule has 1 saturated heterocycles. The van der Waals surface area contributed by atoms with E-state index in [1.165, 1.54) is 6.92 Å². The Morgan fingerprint density at radius 1 is 0.929 bits per heavy atom. The van der Waals surface area contributed by atoms with Crippen LogP contribution in [0.4, 0.5) is 5.69 Å². The van der Waals surface area contributed by atoms with E-state index in [0.717, 1.165) is 27.9 Å². The minimum atomic E-state index is -0.413. The van der Waals surface area contributed by atoms with Gasteiger partial charge in [0.2, 0.25) is 17.7 Å². The van der Waals surface area contributed by atoms with E-state index in [0.29, 0.717) is 29.6 Å². The van der Waals surface area contributed by atoms with Gasteiger partial charge in [-0.3, -0.25) is 14.4 Å². The first kappa shape index (κ1) is 29.5. The summed E-state index contributed by atoms with van der Waals surface area (Å²) < 4.78 is 11.7. The topological polar surface area (TPSA) is 79.4 Å². The van der Waals surface area contributed by atoms with Gasteiger partial charge in [0, 0.05) is 30.7 Å². The lowest BCUT2D eigenvalue weighted by atomic mass is 9.86. The number of ether oxygens (including phenoxy) is 2. The zero-order valence-electron chi connectivity index (χ0n) is 24.6. The third kappa shape index (κ3) is 5.81. The van der Waals surface area contributed by atoms with E-state index in [9.17, 15) is 14.4 Å². The van der Waals surface area contributed by atoms with Crippen molar-refractivity contribution in [2.75, 3.05) is 31.6 Å². The molecule has 0 spiro atoms. The average Bonchev–Trinajstić information content (AvgIpc) is 2.96. The number of rotatable bonds is 7. The van der Waals surface area contributed by atoms with Gasteiger partial charge >= 0.3 is 0 Å². The van der Waals surface area contributed by atoms with Crippen LogP contribution in [-0.4, -0.2) is 60.4 Å². The molecule has 42 heavy (non-hydrogen) atoms. The highest BCUT2D eigenvalue weighted by molar-refractivity contribution is 6.30. The molecule has 3 amide bonds. The predicted molar refractivity (Wildman–Crippen MR) is 162 cm³/mol. The Morgan fingerprint density at radius 2 is 1.62 bits per heavy atom. The molecule has 0 saturated carbocycles. The van der Waals surface area contributed by atoms with Crippen molar-refractivity contribution in [1.82, 2.24) is 9.80 Å². The number of piperazine rings is 1. The summed E-state index contributed by atoms with van der Waals surface area (Å²) in [6.07, 6.45) is 0.157. The molecule has 3 aromatic carbocycles. The van der Waals surface area contributed by atoms with E-state index in [4.69, 9.17) is 21.1 Å². The Bertz CT molecular complexity index is 1490. The number of benzene rings is 3. The van der Waals surface area contributed by atoms with Crippen molar-refractivity contribution in [2.45, 2.75) is 52.3 Å². The molecule has 9 heteroatoms. The molecule has 0 aliphatic carbocycles. The fourth-order valence-corrected chi connectivity index (χ4v) is 5.91. The molecule has 2 atom stereocenters. The fourth-order valence-electron chi connectivity index (χ4n) is 5.79. The molecular weight excluding hydrogens is 554 g/mol. The van der Waals surface area contributed by atoms with E-state index in [2.05, 4.69) is 0 Å². The molecule has 0 unspecified atom stereocenters. The number of fused-ring (bicyclic) bond motifs is 1. The second-order valence-corrected chi connectivity index (χ2v) is 11.5. The lowest BCUT2D eigenvalue weighted by molar-refractivity contribution is -0.146. The molecule has 3 aromatic rings. The van der Waals surface area contributed by atoms with Crippen LogP contribution in [0.1, 0.15) is 62.0 Å². The Hall–Kier alpha value is -4.04. The van der Waals surface area contributed by atoms with Crippen LogP contribution in [0, 0.1) is 0 Å². The van der Waals surface area contributed by atoms with Crippen molar-refractivity contribution in [1.29, 1.82) is 0 Å². The van der Waals surface area contributed by atoms with Gasteiger partial charge in [0.1, 0.15) is 0 Å². The molecule has 2 aliphatic rings. The van der Waals surface area contributed by atoms with E-state index in [1.807, 2.05) is 86.3 Å². The number of halogens is 1. The number of hydrogen-bond acceptors (Lipinski definition) is 5. The summed E-state index contributed by atoms with van der Waals surface area (Å²) in [5.41, 5.74) is 4.46. The highest BCUT2D eigenvalue weighted by Gasteiger charge is 2.36. The first-order valence-corrected chi connectivity index (χ1v) is 14.5. The minimum absolute atomic E-state index is 0.0432. The van der Waals surface area contributed by atoms with Crippen molar-refractivity contribution in [3.8, 4) is 11.5 Å². The molecule has 0 N–H and O–H groups in total. The van der Waals surface area contributed by atoms with Gasteiger partial charge in [0.05, 0.1) is 38.3 Å². The van der Waals surface area contributed by atoms with Gasteiger partial charge in [-0.2, -0.15) is 0 Å². The van der Waals surface area contributed by atoms with Crippen LogP contribution >= 0.6 is 11.6 Å². The van der Waals surface area contributed by atoms with Gasteiger partial charge in [-0.15, -0.1) is 0 Å². The standard InChI is InChI=1S/C33H36ClN3O5/c1-20(2)42-30-18-28-25(16-29(30)41-5)17-31(39)37(33(28)24-6-10-26(34)11-7-24)27-12-8-23(9-13-27)21(3)36-15-14-35(22(4)38)19-32(36)40/h6-13,16,18,20-21,33H,14-15,17,19H2,1-5H3/t21-,33-/m0/s1. The number of amides is 3. The Labute approximate surface area is 251 Å². The summed E-state index contributed by atoms with van der Waals surface area (Å²) in [6.45, 7) is 8.48. The number of carbonyl (C=O) groups excluding carboxylic acids is 3. The Balaban J connectivity index is 1.51. The highest BCUT2D eigenvalue weighted by Crippen LogP contribution is 2.44. The smallest absolute Gasteiger partial charge is 0.242 e. The largest absolute Gasteiger partial charge is 0.493 e. The summed E-state index contributed by atoms with van der Waals surface area (Å²) >= 11 is 6.24. The van der Waals surface area contributed by atoms with Gasteiger partial charge in [-0.25, -0.2) is 0 Å². The molecule has 2 aliphatic heterocycles. The van der Waals surface area contributed by atoms with Crippen LogP contribution in [0.2, 0.25) is 5.02 Å². The van der Waals surface area contributed by atoms with Crippen molar-refractivity contribution < 1.29 is 23.9 Å². The zero-order valence-corrected chi connectivity index (χ0v) is 25.4. The maximum absolute atomic E-state index is 13.8. The lowest BCUT2D eigenvalue weighted by Crippen LogP contribution is -2.52. The first-order chi connectivity index (χ1) is 20.1. The third-order valence-electron chi connectivity index (χ3n) is 7.96. The minimum Gasteiger partial charge on any atom is -0.493 e. The summed E-state index contributed by atoms with van der Waals surface area (Å²) in [5.74, 6) is 1.00. The molecule has 2 heterocycles. The van der Waals surface area contributed by atoms with Crippen LogP contribution in [0.5, 0.6) is 11.5 Å². The maximum Gasteiger partial charge on any atom is 0.242 e. The van der Waals surface area contributed by atoms with Crippen LogP contribution in [0.15, 0.2) is 60.7 Å². The summed E-state index contributed by atoms with van der Waals surface area (Å²) in [6, 6.07) is 18.6. The van der Waals surface area contributed by atoms with Crippen LogP contribution in [0.25, 0.3) is 0 Å². The van der Waals surface area contributed by atoms with Gasteiger partial charge < -0.3 is 24.2 Å². The number of nitrogens with zero attached hydrogens (tertiary/aromatic N) is 3. The van der Waals surface area contributed by atoms with Gasteiger partial charge in [-0.1, -0.05) is 35.9 Å². The Morgan fingerprint density at radius 3 is 2.21 bits per heavy atom. The predicted octanol–water partition coefficient (Wildman–Crippen LogP) is 5.57. The summed E-state index contributed by atoms with van der Waals surface area (Å²) in [4.78, 5) is 43.5. The van der Waals surface area contributed by atoms with E-state index in [-0.39, 0.29) is 42.8 Å². The monoisotopic (exact) mass is 589 g/mol. The van der Waals surface area contributed by atoms with E-state index < -0.39 is 6.04 Å². The van der Waals surface area contributed by atoms with Gasteiger partial charge in [0.15, 0.2) is 11.5 Å². The van der Waals surface area contributed by atoms with Crippen molar-refractivity contribution >= 4 is 35.0 Å². The van der Waals surface area contributed by atoms with E-state index in [1.54, 1.807) is 16.9 Å². The molecule has 8 nitrogen and oxygen atoms in total. The maximum atomic E-state index is 13.8. The van der Waals surface area contributed by atoms with Crippen molar-refractivity contribution in [3.05, 3.63) is 87.9 Å². The van der Waals surface area contributed by atoms with E-state index >= 15 is 0 Å². The molecular formula is C33H36ClN3O5. The number of anilines is 1. The molecule has 1 fully saturated rings. The Kier molecular flexibility index (Phi) is 8.45. The van der Waals surface area contributed by atoms with Crippen LogP contribution in [0.3, 0.4) is 0 Å². The lowest BCUT2D eigenvalue weighted by Gasteiger charge is -2.39. The first-order valence-electron chi connectivity index (χ1n) is 14.2. The molecule has 5 rings (SSSR count). The highest BCUT2D eigenvalue weighted by atomic mass is 35.5. The normalized spacial score (nSPS) is 17.8. The number of hydrogen-bond donors (Lipinski definition) is 0. The van der Waals surface area contributed by atoms with Crippen molar-refractivity contribution in [2.24, 2.45) is 0 Å². The SMILES string of the molecule is COc1cc2c(cc1OC(C)C)[C@H](c1ccc(Cl)cc1)N(c1ccc([C@H](C)N3CCN(C(C)=O)CC3=O)cc1)C(=O)C2.